The van der Waals surface area contributed by atoms with Gasteiger partial charge in [-0.2, -0.15) is 0 Å². The largest absolute Gasteiger partial charge is 0.481 e. The molecule has 0 fully saturated rings. The van der Waals surface area contributed by atoms with E-state index in [0.29, 0.717) is 0 Å². The summed E-state index contributed by atoms with van der Waals surface area (Å²) in [5.74, 6) is -1.40. The molecule has 2 aromatic rings. The summed E-state index contributed by atoms with van der Waals surface area (Å²) in [4.78, 5) is 26.7. The molecule has 2 N–H and O–H groups in total. The van der Waals surface area contributed by atoms with Gasteiger partial charge in [0.2, 0.25) is 0 Å². The summed E-state index contributed by atoms with van der Waals surface area (Å²) in [7, 11) is 0. The molecule has 110 valence electrons. The monoisotopic (exact) mass is 306 g/mol. The third-order valence-corrected chi connectivity index (χ3v) is 3.35. The number of hydrogen-bond acceptors (Lipinski definition) is 3. The second kappa shape index (κ2) is 6.54. The van der Waals surface area contributed by atoms with Gasteiger partial charge in [0.25, 0.3) is 5.91 Å². The molecule has 1 aromatic heterocycles. The molecule has 0 spiro atoms. The number of aliphatic carboxylic acids is 1. The van der Waals surface area contributed by atoms with Gasteiger partial charge in [0.1, 0.15) is 10.8 Å². The number of carboxylic acids is 1. The molecule has 0 aliphatic rings. The van der Waals surface area contributed by atoms with E-state index in [-0.39, 0.29) is 35.6 Å². The number of hydrogen-bond donors (Lipinski definition) is 2. The van der Waals surface area contributed by atoms with E-state index in [4.69, 9.17) is 16.7 Å². The van der Waals surface area contributed by atoms with Crippen molar-refractivity contribution in [2.45, 2.75) is 13.3 Å². The SMILES string of the molecule is CC(CNC(=O)c1cc2ccccc2c(Cl)n1)CC(=O)O. The van der Waals surface area contributed by atoms with Crippen molar-refractivity contribution in [3.63, 3.8) is 0 Å². The van der Waals surface area contributed by atoms with E-state index in [2.05, 4.69) is 10.3 Å². The van der Waals surface area contributed by atoms with E-state index in [1.165, 1.54) is 0 Å². The molecule has 1 aromatic carbocycles. The Labute approximate surface area is 126 Å². The predicted molar refractivity (Wildman–Crippen MR) is 80.5 cm³/mol. The Bertz CT molecular complexity index is 688. The summed E-state index contributed by atoms with van der Waals surface area (Å²) < 4.78 is 0. The van der Waals surface area contributed by atoms with Gasteiger partial charge < -0.3 is 10.4 Å². The Balaban J connectivity index is 2.11. The van der Waals surface area contributed by atoms with Gasteiger partial charge in [0, 0.05) is 18.4 Å². The van der Waals surface area contributed by atoms with E-state index in [1.54, 1.807) is 13.0 Å². The molecule has 1 atom stereocenters. The minimum atomic E-state index is -0.886. The average molecular weight is 307 g/mol. The van der Waals surface area contributed by atoms with Crippen molar-refractivity contribution in [3.05, 3.63) is 41.2 Å². The Hall–Kier alpha value is -2.14. The Morgan fingerprint density at radius 1 is 1.38 bits per heavy atom. The third-order valence-electron chi connectivity index (χ3n) is 3.06. The van der Waals surface area contributed by atoms with Crippen LogP contribution in [0.25, 0.3) is 10.8 Å². The molecule has 0 saturated carbocycles. The number of rotatable bonds is 5. The number of nitrogens with one attached hydrogen (secondary N) is 1. The number of carboxylic acid groups (broad SMARTS) is 1. The summed E-state index contributed by atoms with van der Waals surface area (Å²) in [5.41, 5.74) is 0.223. The van der Waals surface area contributed by atoms with Gasteiger partial charge in [0.05, 0.1) is 0 Å². The molecule has 0 radical (unpaired) electrons. The molecule has 1 amide bonds. The van der Waals surface area contributed by atoms with Crippen LogP contribution < -0.4 is 5.32 Å². The van der Waals surface area contributed by atoms with E-state index < -0.39 is 5.97 Å². The molecule has 0 aliphatic heterocycles. The standard InChI is InChI=1S/C15H15ClN2O3/c1-9(6-13(19)20)8-17-15(21)12-7-10-4-2-3-5-11(10)14(16)18-12/h2-5,7,9H,6,8H2,1H3,(H,17,21)(H,19,20). The van der Waals surface area contributed by atoms with Crippen molar-refractivity contribution in [2.75, 3.05) is 6.54 Å². The average Bonchev–Trinajstić information content (AvgIpc) is 2.44. The lowest BCUT2D eigenvalue weighted by Crippen LogP contribution is -2.29. The number of carbonyl (C=O) groups is 2. The van der Waals surface area contributed by atoms with Gasteiger partial charge in [-0.1, -0.05) is 42.8 Å². The number of fused-ring (bicyclic) bond motifs is 1. The molecule has 1 heterocycles. The normalized spacial score (nSPS) is 12.1. The zero-order chi connectivity index (χ0) is 15.4. The Kier molecular flexibility index (Phi) is 4.75. The molecular formula is C15H15ClN2O3. The van der Waals surface area contributed by atoms with Crippen LogP contribution in [0.1, 0.15) is 23.8 Å². The zero-order valence-corrected chi connectivity index (χ0v) is 12.2. The lowest BCUT2D eigenvalue weighted by Gasteiger charge is -2.10. The highest BCUT2D eigenvalue weighted by molar-refractivity contribution is 6.34. The second-order valence-corrected chi connectivity index (χ2v) is 5.29. The first kappa shape index (κ1) is 15.3. The van der Waals surface area contributed by atoms with Gasteiger partial charge >= 0.3 is 5.97 Å². The number of aromatic nitrogens is 1. The second-order valence-electron chi connectivity index (χ2n) is 4.93. The van der Waals surface area contributed by atoms with Crippen molar-refractivity contribution in [2.24, 2.45) is 5.92 Å². The van der Waals surface area contributed by atoms with Gasteiger partial charge in [0.15, 0.2) is 0 Å². The highest BCUT2D eigenvalue weighted by Gasteiger charge is 2.13. The third kappa shape index (κ3) is 3.92. The quantitative estimate of drug-likeness (QED) is 0.832. The van der Waals surface area contributed by atoms with Crippen LogP contribution in [0.2, 0.25) is 5.15 Å². The number of nitrogens with zero attached hydrogens (tertiary/aromatic N) is 1. The van der Waals surface area contributed by atoms with Crippen LogP contribution in [0.15, 0.2) is 30.3 Å². The van der Waals surface area contributed by atoms with E-state index in [9.17, 15) is 9.59 Å². The maximum Gasteiger partial charge on any atom is 0.303 e. The topological polar surface area (TPSA) is 79.3 Å². The van der Waals surface area contributed by atoms with E-state index >= 15 is 0 Å². The molecular weight excluding hydrogens is 292 g/mol. The van der Waals surface area contributed by atoms with Gasteiger partial charge in [-0.05, 0) is 17.4 Å². The lowest BCUT2D eigenvalue weighted by molar-refractivity contribution is -0.137. The number of halogens is 1. The Morgan fingerprint density at radius 2 is 2.10 bits per heavy atom. The van der Waals surface area contributed by atoms with E-state index in [0.717, 1.165) is 10.8 Å². The number of carbonyl (C=O) groups excluding carboxylic acids is 1. The smallest absolute Gasteiger partial charge is 0.303 e. The van der Waals surface area contributed by atoms with Crippen molar-refractivity contribution < 1.29 is 14.7 Å². The molecule has 0 bridgehead atoms. The molecule has 5 nitrogen and oxygen atoms in total. The molecule has 0 saturated heterocycles. The maximum absolute atomic E-state index is 12.1. The fourth-order valence-electron chi connectivity index (χ4n) is 2.00. The van der Waals surface area contributed by atoms with Crippen LogP contribution in [0.5, 0.6) is 0 Å². The van der Waals surface area contributed by atoms with Crippen LogP contribution >= 0.6 is 11.6 Å². The fraction of sp³-hybridized carbons (Fsp3) is 0.267. The summed E-state index contributed by atoms with van der Waals surface area (Å²) in [6.45, 7) is 2.03. The number of amides is 1. The molecule has 1 unspecified atom stereocenters. The van der Waals surface area contributed by atoms with Crippen molar-refractivity contribution >= 4 is 34.2 Å². The molecule has 0 aliphatic carbocycles. The Morgan fingerprint density at radius 3 is 2.81 bits per heavy atom. The van der Waals surface area contributed by atoms with Crippen LogP contribution in [-0.4, -0.2) is 28.5 Å². The van der Waals surface area contributed by atoms with Crippen molar-refractivity contribution in [1.82, 2.24) is 10.3 Å². The summed E-state index contributed by atoms with van der Waals surface area (Å²) in [6, 6.07) is 9.06. The van der Waals surface area contributed by atoms with Gasteiger partial charge in [-0.3, -0.25) is 9.59 Å². The summed E-state index contributed by atoms with van der Waals surface area (Å²) in [5, 5.41) is 13.2. The molecule has 6 heteroatoms. The highest BCUT2D eigenvalue weighted by atomic mass is 35.5. The first-order valence-electron chi connectivity index (χ1n) is 6.52. The minimum Gasteiger partial charge on any atom is -0.481 e. The van der Waals surface area contributed by atoms with Crippen LogP contribution in [-0.2, 0) is 4.79 Å². The van der Waals surface area contributed by atoms with E-state index in [1.807, 2.05) is 24.3 Å². The maximum atomic E-state index is 12.1. The van der Waals surface area contributed by atoms with Gasteiger partial charge in [-0.25, -0.2) is 4.98 Å². The lowest BCUT2D eigenvalue weighted by atomic mass is 10.1. The van der Waals surface area contributed by atoms with Crippen LogP contribution in [0.3, 0.4) is 0 Å². The van der Waals surface area contributed by atoms with Crippen LogP contribution in [0, 0.1) is 5.92 Å². The number of pyridine rings is 1. The summed E-state index contributed by atoms with van der Waals surface area (Å²) in [6.07, 6.45) is 0.00614. The predicted octanol–water partition coefficient (Wildman–Crippen LogP) is 2.73. The molecule has 2 rings (SSSR count). The molecule has 21 heavy (non-hydrogen) atoms. The van der Waals surface area contributed by atoms with Gasteiger partial charge in [-0.15, -0.1) is 0 Å². The first-order valence-corrected chi connectivity index (χ1v) is 6.90. The fourth-order valence-corrected chi connectivity index (χ4v) is 2.26. The zero-order valence-electron chi connectivity index (χ0n) is 11.5. The van der Waals surface area contributed by atoms with Crippen LogP contribution in [0.4, 0.5) is 0 Å². The highest BCUT2D eigenvalue weighted by Crippen LogP contribution is 2.22. The summed E-state index contributed by atoms with van der Waals surface area (Å²) >= 11 is 6.07. The first-order chi connectivity index (χ1) is 9.97. The minimum absolute atomic E-state index is 0.00614. The number of benzene rings is 1. The van der Waals surface area contributed by atoms with Crippen molar-refractivity contribution in [3.8, 4) is 0 Å². The van der Waals surface area contributed by atoms with Crippen molar-refractivity contribution in [1.29, 1.82) is 0 Å².